The molecule has 0 spiro atoms. The van der Waals surface area contributed by atoms with Gasteiger partial charge in [0.15, 0.2) is 0 Å². The molecule has 14 heavy (non-hydrogen) atoms. The number of hydrogen-bond donors (Lipinski definition) is 0. The number of rotatable bonds is 7. The van der Waals surface area contributed by atoms with Gasteiger partial charge < -0.3 is 4.74 Å². The van der Waals surface area contributed by atoms with Gasteiger partial charge in [-0.3, -0.25) is 0 Å². The Labute approximate surface area is 88.5 Å². The van der Waals surface area contributed by atoms with Gasteiger partial charge in [0.1, 0.15) is 0 Å². The Balaban J connectivity index is 1.90. The van der Waals surface area contributed by atoms with Crippen LogP contribution in [-0.4, -0.2) is 13.7 Å². The van der Waals surface area contributed by atoms with Crippen molar-refractivity contribution in [2.45, 2.75) is 44.9 Å². The quantitative estimate of drug-likeness (QED) is 0.561. The number of unbranched alkanes of at least 4 members (excludes halogenated alkanes) is 3. The van der Waals surface area contributed by atoms with Crippen molar-refractivity contribution in [2.75, 3.05) is 13.7 Å². The molecule has 0 bridgehead atoms. The third kappa shape index (κ3) is 5.43. The lowest BCUT2D eigenvalue weighted by Crippen LogP contribution is -1.94. The lowest BCUT2D eigenvalue weighted by molar-refractivity contribution is 0.200. The molecule has 1 rings (SSSR count). The Hall–Kier alpha value is -0.300. The third-order valence-electron chi connectivity index (χ3n) is 2.63. The summed E-state index contributed by atoms with van der Waals surface area (Å²) in [5.74, 6) is 0. The van der Waals surface area contributed by atoms with Gasteiger partial charge in [-0.2, -0.15) is 0 Å². The second kappa shape index (κ2) is 8.05. The van der Waals surface area contributed by atoms with Crippen LogP contribution in [0.2, 0.25) is 0 Å². The lowest BCUT2D eigenvalue weighted by atomic mass is 9.95. The van der Waals surface area contributed by atoms with Gasteiger partial charge in [-0.25, -0.2) is 0 Å². The van der Waals surface area contributed by atoms with Crippen molar-refractivity contribution < 1.29 is 4.74 Å². The first-order valence-electron chi connectivity index (χ1n) is 5.76. The summed E-state index contributed by atoms with van der Waals surface area (Å²) in [4.78, 5) is 0. The Morgan fingerprint density at radius 3 is 2.93 bits per heavy atom. The van der Waals surface area contributed by atoms with Crippen molar-refractivity contribution in [1.82, 2.24) is 0 Å². The van der Waals surface area contributed by atoms with E-state index in [9.17, 15) is 0 Å². The molecule has 2 radical (unpaired) electrons. The van der Waals surface area contributed by atoms with Crippen LogP contribution in [0.5, 0.6) is 0 Å². The summed E-state index contributed by atoms with van der Waals surface area (Å²) in [5, 5.41) is 0. The summed E-state index contributed by atoms with van der Waals surface area (Å²) in [6, 6.07) is 0. The molecule has 0 heterocycles. The summed E-state index contributed by atoms with van der Waals surface area (Å²) >= 11 is 0. The maximum atomic E-state index is 4.99. The Bertz CT molecular complexity index is 161. The minimum atomic E-state index is 0.864. The topological polar surface area (TPSA) is 9.23 Å². The molecule has 0 saturated heterocycles. The fraction of sp³-hybridized carbons (Fsp3) is 0.692. The van der Waals surface area contributed by atoms with Gasteiger partial charge >= 0.3 is 0 Å². The van der Waals surface area contributed by atoms with Crippen molar-refractivity contribution in [3.8, 4) is 0 Å². The van der Waals surface area contributed by atoms with Gasteiger partial charge in [-0.15, -0.1) is 0 Å². The molecule has 0 amide bonds. The first-order chi connectivity index (χ1) is 6.93. The number of methoxy groups -OCH3 is 1. The zero-order valence-corrected chi connectivity index (χ0v) is 9.30. The molecule has 0 aliphatic heterocycles. The molecule has 0 aromatic carbocycles. The maximum absolute atomic E-state index is 4.99. The fourth-order valence-corrected chi connectivity index (χ4v) is 1.78. The average Bonchev–Trinajstić information content (AvgIpc) is 2.25. The molecule has 0 saturated carbocycles. The van der Waals surface area contributed by atoms with E-state index in [-0.39, 0.29) is 0 Å². The van der Waals surface area contributed by atoms with Crippen LogP contribution in [0.1, 0.15) is 44.9 Å². The highest BCUT2D eigenvalue weighted by Crippen LogP contribution is 2.21. The van der Waals surface area contributed by atoms with E-state index in [1.807, 2.05) is 0 Å². The molecular formula is C13H22O. The number of allylic oxidation sites excluding steroid dienone is 2. The van der Waals surface area contributed by atoms with Crippen LogP contribution in [0.15, 0.2) is 11.6 Å². The second-order valence-electron chi connectivity index (χ2n) is 3.88. The highest BCUT2D eigenvalue weighted by molar-refractivity contribution is 5.15. The monoisotopic (exact) mass is 194 g/mol. The van der Waals surface area contributed by atoms with Crippen LogP contribution in [0.25, 0.3) is 0 Å². The SMILES string of the molecule is COCC[CH]CC[CH]C1=CCCCC1. The van der Waals surface area contributed by atoms with E-state index in [0.717, 1.165) is 13.0 Å². The van der Waals surface area contributed by atoms with E-state index in [1.54, 1.807) is 12.7 Å². The zero-order chi connectivity index (χ0) is 10.1. The zero-order valence-electron chi connectivity index (χ0n) is 9.30. The molecule has 1 nitrogen and oxygen atoms in total. The van der Waals surface area contributed by atoms with Crippen molar-refractivity contribution >= 4 is 0 Å². The summed E-state index contributed by atoms with van der Waals surface area (Å²) < 4.78 is 4.99. The standard InChI is InChI=1S/C13H22O/c1-14-12-8-3-2-5-9-13-10-6-4-7-11-13/h3,9-10H,2,4-8,11-12H2,1H3. The van der Waals surface area contributed by atoms with Gasteiger partial charge in [-0.1, -0.05) is 11.6 Å². The maximum Gasteiger partial charge on any atom is 0.0465 e. The lowest BCUT2D eigenvalue weighted by Gasteiger charge is -2.11. The van der Waals surface area contributed by atoms with E-state index >= 15 is 0 Å². The van der Waals surface area contributed by atoms with Crippen molar-refractivity contribution in [2.24, 2.45) is 0 Å². The Morgan fingerprint density at radius 1 is 1.29 bits per heavy atom. The van der Waals surface area contributed by atoms with Gasteiger partial charge in [0.25, 0.3) is 0 Å². The summed E-state index contributed by atoms with van der Waals surface area (Å²) in [5.41, 5.74) is 1.58. The molecule has 1 aliphatic carbocycles. The van der Waals surface area contributed by atoms with Crippen LogP contribution in [0.3, 0.4) is 0 Å². The molecule has 1 heteroatoms. The van der Waals surface area contributed by atoms with E-state index in [2.05, 4.69) is 18.9 Å². The third-order valence-corrected chi connectivity index (χ3v) is 2.63. The predicted molar refractivity (Wildman–Crippen MR) is 60.9 cm³/mol. The Kier molecular flexibility index (Phi) is 6.77. The first kappa shape index (κ1) is 11.8. The molecule has 0 fully saturated rings. The molecule has 0 atom stereocenters. The summed E-state index contributed by atoms with van der Waals surface area (Å²) in [6.07, 6.45) is 16.0. The van der Waals surface area contributed by atoms with Crippen LogP contribution in [0, 0.1) is 12.8 Å². The predicted octanol–water partition coefficient (Wildman–Crippen LogP) is 3.71. The molecule has 1 aliphatic rings. The van der Waals surface area contributed by atoms with Crippen molar-refractivity contribution in [3.05, 3.63) is 24.5 Å². The average molecular weight is 194 g/mol. The molecular weight excluding hydrogens is 172 g/mol. The van der Waals surface area contributed by atoms with Gasteiger partial charge in [-0.05, 0) is 57.8 Å². The van der Waals surface area contributed by atoms with Crippen LogP contribution < -0.4 is 0 Å². The van der Waals surface area contributed by atoms with Crippen molar-refractivity contribution in [1.29, 1.82) is 0 Å². The molecule has 0 unspecified atom stereocenters. The molecule has 0 N–H and O–H groups in total. The minimum Gasteiger partial charge on any atom is -0.385 e. The molecule has 80 valence electrons. The normalized spacial score (nSPS) is 16.8. The fourth-order valence-electron chi connectivity index (χ4n) is 1.78. The highest BCUT2D eigenvalue weighted by Gasteiger charge is 2.02. The highest BCUT2D eigenvalue weighted by atomic mass is 16.5. The molecule has 0 aromatic rings. The Morgan fingerprint density at radius 2 is 2.21 bits per heavy atom. The van der Waals surface area contributed by atoms with Crippen molar-refractivity contribution in [3.63, 3.8) is 0 Å². The second-order valence-corrected chi connectivity index (χ2v) is 3.88. The minimum absolute atomic E-state index is 0.864. The van der Waals surface area contributed by atoms with Gasteiger partial charge in [0.2, 0.25) is 0 Å². The summed E-state index contributed by atoms with van der Waals surface area (Å²) in [7, 11) is 1.76. The van der Waals surface area contributed by atoms with Gasteiger partial charge in [0, 0.05) is 13.7 Å². The van der Waals surface area contributed by atoms with Crippen LogP contribution in [0.4, 0.5) is 0 Å². The first-order valence-corrected chi connectivity index (χ1v) is 5.76. The van der Waals surface area contributed by atoms with Gasteiger partial charge in [0.05, 0.1) is 0 Å². The van der Waals surface area contributed by atoms with E-state index in [0.29, 0.717) is 0 Å². The number of ether oxygens (including phenoxy) is 1. The smallest absolute Gasteiger partial charge is 0.0465 e. The molecule has 0 aromatic heterocycles. The largest absolute Gasteiger partial charge is 0.385 e. The number of hydrogen-bond acceptors (Lipinski definition) is 1. The summed E-state index contributed by atoms with van der Waals surface area (Å²) in [6.45, 7) is 0.864. The van der Waals surface area contributed by atoms with Crippen LogP contribution >= 0.6 is 0 Å². The van der Waals surface area contributed by atoms with E-state index < -0.39 is 0 Å². The van der Waals surface area contributed by atoms with E-state index in [1.165, 1.54) is 38.5 Å². The van der Waals surface area contributed by atoms with E-state index in [4.69, 9.17) is 4.74 Å². The van der Waals surface area contributed by atoms with Crippen LogP contribution in [-0.2, 0) is 4.74 Å².